The second-order valence-corrected chi connectivity index (χ2v) is 28.5. The summed E-state index contributed by atoms with van der Waals surface area (Å²) >= 11 is 0. The maximum atomic E-state index is 15.0. The van der Waals surface area contributed by atoms with Crippen LogP contribution in [0, 0.1) is 0 Å². The second-order valence-electron chi connectivity index (χ2n) is 19.4. The average Bonchev–Trinajstić information content (AvgIpc) is 3.52. The van der Waals surface area contributed by atoms with Gasteiger partial charge in [0, 0.05) is 50.9 Å². The van der Waals surface area contributed by atoms with Crippen LogP contribution in [0.15, 0.2) is 53.6 Å². The van der Waals surface area contributed by atoms with E-state index in [1.54, 1.807) is 27.9 Å². The van der Waals surface area contributed by atoms with Crippen LogP contribution in [0.3, 0.4) is 0 Å². The van der Waals surface area contributed by atoms with Crippen molar-refractivity contribution in [3.8, 4) is 0 Å². The summed E-state index contributed by atoms with van der Waals surface area (Å²) in [6, 6.07) is 11.7. The van der Waals surface area contributed by atoms with E-state index in [0.29, 0.717) is 49.1 Å². The van der Waals surface area contributed by atoms with E-state index in [4.69, 9.17) is 23.5 Å². The Morgan fingerprint density at radius 3 is 2.21 bits per heavy atom. The molecule has 2 amide bonds. The van der Waals surface area contributed by atoms with Gasteiger partial charge in [-0.3, -0.25) is 13.8 Å². The molecule has 3 aliphatic rings. The summed E-state index contributed by atoms with van der Waals surface area (Å²) in [6.45, 7) is 19.1. The van der Waals surface area contributed by atoms with Crippen LogP contribution in [-0.4, -0.2) is 136 Å². The van der Waals surface area contributed by atoms with Crippen LogP contribution in [0.5, 0.6) is 0 Å². The lowest BCUT2D eigenvalue weighted by Gasteiger charge is -2.45. The van der Waals surface area contributed by atoms with Crippen molar-refractivity contribution in [2.45, 2.75) is 133 Å². The molecule has 2 aliphatic heterocycles. The van der Waals surface area contributed by atoms with Gasteiger partial charge in [-0.25, -0.2) is 18.0 Å². The van der Waals surface area contributed by atoms with Crippen LogP contribution in [0.2, 0.25) is 25.7 Å². The van der Waals surface area contributed by atoms with Gasteiger partial charge in [-0.15, -0.1) is 0 Å². The molecule has 19 heteroatoms. The van der Waals surface area contributed by atoms with E-state index in [9.17, 15) is 18.0 Å². The molecule has 3 fully saturated rings. The number of aromatic nitrogens is 2. The van der Waals surface area contributed by atoms with Crippen LogP contribution in [0.1, 0.15) is 72.4 Å². The third-order valence-corrected chi connectivity index (χ3v) is 15.8. The molecule has 61 heavy (non-hydrogen) atoms. The van der Waals surface area contributed by atoms with E-state index < -0.39 is 63.6 Å². The number of anilines is 1. The number of sulfonamides is 1. The molecule has 0 unspecified atom stereocenters. The molecular formula is C42H64N6O10S2Si. The maximum Gasteiger partial charge on any atom is 0.410 e. The Hall–Kier alpha value is -3.75. The number of hydrogen-bond acceptors (Lipinski definition) is 12. The number of nitrogens with zero attached hydrogens (tertiary/aromatic N) is 6. The van der Waals surface area contributed by atoms with Crippen LogP contribution >= 0.6 is 0 Å². The highest BCUT2D eigenvalue weighted by molar-refractivity contribution is 7.89. The molecule has 338 valence electrons. The molecule has 3 heterocycles. The Morgan fingerprint density at radius 2 is 1.62 bits per heavy atom. The Morgan fingerprint density at radius 1 is 0.967 bits per heavy atom. The molecule has 16 nitrogen and oxygen atoms in total. The predicted octanol–water partition coefficient (Wildman–Crippen LogP) is 6.65. The molecular weight excluding hydrogens is 841 g/mol. The number of carbonyl (C=O) groups is 2. The number of likely N-dealkylation sites (tertiary alicyclic amines) is 1. The van der Waals surface area contributed by atoms with Gasteiger partial charge in [-0.1, -0.05) is 50.0 Å². The minimum absolute atomic E-state index is 0.0189. The van der Waals surface area contributed by atoms with Gasteiger partial charge in [0.2, 0.25) is 10.0 Å². The molecule has 6 rings (SSSR count). The Kier molecular flexibility index (Phi) is 13.6. The van der Waals surface area contributed by atoms with Crippen molar-refractivity contribution >= 4 is 57.0 Å². The average molecular weight is 905 g/mol. The maximum absolute atomic E-state index is 15.0. The highest BCUT2D eigenvalue weighted by Crippen LogP contribution is 2.45. The zero-order chi connectivity index (χ0) is 44.7. The van der Waals surface area contributed by atoms with Gasteiger partial charge in [-0.2, -0.15) is 17.8 Å². The monoisotopic (exact) mass is 904 g/mol. The smallest absolute Gasteiger partial charge is 0.410 e. The van der Waals surface area contributed by atoms with Gasteiger partial charge < -0.3 is 24.0 Å². The van der Waals surface area contributed by atoms with Crippen molar-refractivity contribution in [1.29, 1.82) is 0 Å². The Balaban J connectivity index is 1.39. The van der Waals surface area contributed by atoms with Gasteiger partial charge in [-0.05, 0) is 84.5 Å². The van der Waals surface area contributed by atoms with Gasteiger partial charge in [0.1, 0.15) is 18.9 Å². The highest BCUT2D eigenvalue weighted by Gasteiger charge is 2.50. The first kappa shape index (κ1) is 46.7. The van der Waals surface area contributed by atoms with Gasteiger partial charge >= 0.3 is 12.2 Å². The van der Waals surface area contributed by atoms with Crippen molar-refractivity contribution in [3.63, 3.8) is 0 Å². The zero-order valence-corrected chi connectivity index (χ0v) is 39.9. The van der Waals surface area contributed by atoms with Crippen LogP contribution < -0.4 is 4.90 Å². The highest BCUT2D eigenvalue weighted by atomic mass is 32.2. The number of rotatable bonds is 15. The Bertz CT molecular complexity index is 2260. The van der Waals surface area contributed by atoms with E-state index in [1.165, 1.54) is 9.21 Å². The molecule has 2 aromatic carbocycles. The molecule has 1 saturated carbocycles. The molecule has 1 aromatic heterocycles. The molecule has 4 atom stereocenters. The molecule has 3 aromatic rings. The molecule has 0 bridgehead atoms. The summed E-state index contributed by atoms with van der Waals surface area (Å²) in [7, 11) is -9.43. The lowest BCUT2D eigenvalue weighted by atomic mass is 10.1. The van der Waals surface area contributed by atoms with Crippen molar-refractivity contribution in [2.75, 3.05) is 50.7 Å². The summed E-state index contributed by atoms with van der Waals surface area (Å²) in [6.07, 6.45) is 3.28. The second kappa shape index (κ2) is 17.8. The quantitative estimate of drug-likeness (QED) is 0.0690. The largest absolute Gasteiger partial charge is 0.445 e. The number of ether oxygens (including phenoxy) is 3. The first-order valence-corrected chi connectivity index (χ1v) is 28.0. The van der Waals surface area contributed by atoms with Gasteiger partial charge in [0.25, 0.3) is 10.1 Å². The molecule has 0 spiro atoms. The third kappa shape index (κ3) is 11.4. The van der Waals surface area contributed by atoms with Crippen molar-refractivity contribution < 1.29 is 44.8 Å². The van der Waals surface area contributed by atoms with Gasteiger partial charge in [0.05, 0.1) is 53.6 Å². The summed E-state index contributed by atoms with van der Waals surface area (Å²) in [5, 5.41) is 5.52. The van der Waals surface area contributed by atoms with Crippen LogP contribution in [0.4, 0.5) is 15.3 Å². The first-order chi connectivity index (χ1) is 28.3. The van der Waals surface area contributed by atoms with Crippen LogP contribution in [-0.2, 0) is 45.1 Å². The fraction of sp³-hybridized carbons (Fsp3) is 0.643. The van der Waals surface area contributed by atoms with E-state index in [2.05, 4.69) is 24.5 Å². The molecule has 0 radical (unpaired) electrons. The number of piperazine rings is 1. The third-order valence-electron chi connectivity index (χ3n) is 11.6. The lowest BCUT2D eigenvalue weighted by Crippen LogP contribution is -2.59. The van der Waals surface area contributed by atoms with E-state index in [0.717, 1.165) is 17.9 Å². The molecule has 0 N–H and O–H groups in total. The minimum Gasteiger partial charge on any atom is -0.445 e. The van der Waals surface area contributed by atoms with E-state index in [-0.39, 0.29) is 49.9 Å². The van der Waals surface area contributed by atoms with Crippen molar-refractivity contribution in [3.05, 3.63) is 54.2 Å². The summed E-state index contributed by atoms with van der Waals surface area (Å²) < 4.78 is 80.3. The van der Waals surface area contributed by atoms with Gasteiger partial charge in [0.15, 0.2) is 0 Å². The zero-order valence-electron chi connectivity index (χ0n) is 37.3. The van der Waals surface area contributed by atoms with Crippen molar-refractivity contribution in [1.82, 2.24) is 23.9 Å². The normalized spacial score (nSPS) is 22.2. The molecule has 1 aliphatic carbocycles. The number of carbonyl (C=O) groups excluding carboxylic acids is 2. The molecule has 2 saturated heterocycles. The number of amides is 2. The number of fused-ring (bicyclic) bond motifs is 1. The lowest BCUT2D eigenvalue weighted by molar-refractivity contribution is 0.00565. The topological polar surface area (TPSA) is 170 Å². The van der Waals surface area contributed by atoms with E-state index in [1.807, 2.05) is 71.9 Å². The number of benzene rings is 2. The summed E-state index contributed by atoms with van der Waals surface area (Å²) in [5.41, 5.74) is 0.678. The first-order valence-electron chi connectivity index (χ1n) is 21.1. The predicted molar refractivity (Wildman–Crippen MR) is 236 cm³/mol. The van der Waals surface area contributed by atoms with E-state index >= 15 is 8.42 Å². The van der Waals surface area contributed by atoms with Crippen LogP contribution in [0.25, 0.3) is 10.9 Å². The van der Waals surface area contributed by atoms with Crippen molar-refractivity contribution in [2.24, 2.45) is 0 Å². The number of hydrogen-bond donors (Lipinski definition) is 0. The Labute approximate surface area is 362 Å². The summed E-state index contributed by atoms with van der Waals surface area (Å²) in [4.78, 5) is 32.4. The fourth-order valence-electron chi connectivity index (χ4n) is 8.05. The summed E-state index contributed by atoms with van der Waals surface area (Å²) in [5.74, 6) is 0. The fourth-order valence-corrected chi connectivity index (χ4v) is 11.0. The minimum atomic E-state index is -4.15. The SMILES string of the molecule is C[C@H]1CN(c2cc(S(=O)(=O)N(COCC[Si](C)(C)C)C3(C)CC3)cc3c2cnn3[C@@H]2C[C@@H](COS(C)(=O)=O)N(C(=O)OCc3ccccc3)C2)C[C@H](C)N1C(=O)OC(C)(C)C. The standard InChI is InChI=1S/C42H64N6O10S2Si/c1-30-24-44(25-31(2)47(30)40(50)58-41(3,4)5)37-21-35(60(53,54)46(42(6)16-17-42)29-55-18-19-61(8,9)10)22-38-36(37)23-43-48(38)33-20-34(28-57-59(7,51)52)45(26-33)39(49)56-27-32-14-12-11-13-15-32/h11-15,21-23,30-31,33-34H,16-20,24-29H2,1-10H3/t30-,31-,33+,34-/m0/s1.